The molecule has 8 heteroatoms. The van der Waals surface area contributed by atoms with Crippen molar-refractivity contribution < 1.29 is 14.3 Å². The average molecular weight is 453 g/mol. The number of carbonyl (C=O) groups is 1. The van der Waals surface area contributed by atoms with Gasteiger partial charge < -0.3 is 14.4 Å². The van der Waals surface area contributed by atoms with Crippen LogP contribution in [0.5, 0.6) is 0 Å². The Morgan fingerprint density at radius 2 is 1.83 bits per heavy atom. The second-order valence-corrected chi connectivity index (χ2v) is 8.14. The van der Waals surface area contributed by atoms with E-state index in [9.17, 15) is 14.7 Å². The van der Waals surface area contributed by atoms with Crippen molar-refractivity contribution in [2.24, 2.45) is 0 Å². The van der Waals surface area contributed by atoms with Crippen LogP contribution in [0.2, 0.25) is 15.1 Å². The fourth-order valence-electron chi connectivity index (χ4n) is 3.64. The van der Waals surface area contributed by atoms with Crippen molar-refractivity contribution >= 4 is 51.7 Å². The molecule has 0 spiro atoms. The number of aliphatic hydroxyl groups excluding tert-OH is 1. The van der Waals surface area contributed by atoms with Crippen LogP contribution in [-0.2, 0) is 0 Å². The van der Waals surface area contributed by atoms with Gasteiger partial charge in [-0.25, -0.2) is 0 Å². The number of hydrogen-bond donors (Lipinski definition) is 1. The van der Waals surface area contributed by atoms with Gasteiger partial charge in [0.15, 0.2) is 5.43 Å². The Morgan fingerprint density at radius 1 is 1.07 bits per heavy atom. The van der Waals surface area contributed by atoms with Gasteiger partial charge in [0, 0.05) is 18.2 Å². The lowest BCUT2D eigenvalue weighted by Crippen LogP contribution is -2.31. The van der Waals surface area contributed by atoms with Gasteiger partial charge in [-0.3, -0.25) is 9.59 Å². The van der Waals surface area contributed by atoms with Crippen molar-refractivity contribution in [2.75, 3.05) is 13.2 Å². The number of halogens is 3. The van der Waals surface area contributed by atoms with E-state index in [4.69, 9.17) is 39.2 Å². The maximum Gasteiger partial charge on any atom is 0.290 e. The molecule has 0 radical (unpaired) electrons. The van der Waals surface area contributed by atoms with Crippen LogP contribution in [0.4, 0.5) is 0 Å². The summed E-state index contributed by atoms with van der Waals surface area (Å²) < 4.78 is 5.88. The second-order valence-electron chi connectivity index (χ2n) is 6.92. The molecule has 0 saturated carbocycles. The fraction of sp³-hybridized carbons (Fsp3) is 0.238. The molecule has 0 aliphatic carbocycles. The van der Waals surface area contributed by atoms with Crippen molar-refractivity contribution in [2.45, 2.75) is 19.4 Å². The van der Waals surface area contributed by atoms with Crippen molar-refractivity contribution in [1.29, 1.82) is 0 Å². The highest BCUT2D eigenvalue weighted by Gasteiger charge is 2.42. The molecule has 1 amide bonds. The maximum atomic E-state index is 13.4. The van der Waals surface area contributed by atoms with Gasteiger partial charge in [-0.15, -0.1) is 0 Å². The first-order chi connectivity index (χ1) is 13.8. The van der Waals surface area contributed by atoms with E-state index < -0.39 is 11.9 Å². The molecule has 0 bridgehead atoms. The third-order valence-electron chi connectivity index (χ3n) is 5.06. The first-order valence-electron chi connectivity index (χ1n) is 8.97. The molecule has 1 atom stereocenters. The number of rotatable bonds is 4. The minimum absolute atomic E-state index is 0.00163. The molecule has 0 saturated heterocycles. The molecule has 150 valence electrons. The summed E-state index contributed by atoms with van der Waals surface area (Å²) in [5.41, 5.74) is 1.60. The molecule has 1 aliphatic rings. The van der Waals surface area contributed by atoms with E-state index in [1.807, 2.05) is 0 Å². The topological polar surface area (TPSA) is 70.8 Å². The molecule has 0 unspecified atom stereocenters. The molecule has 1 aliphatic heterocycles. The lowest BCUT2D eigenvalue weighted by Gasteiger charge is -2.25. The van der Waals surface area contributed by atoms with Crippen molar-refractivity contribution in [1.82, 2.24) is 4.90 Å². The highest BCUT2D eigenvalue weighted by molar-refractivity contribution is 6.42. The van der Waals surface area contributed by atoms with Gasteiger partial charge in [-0.2, -0.15) is 0 Å². The number of fused-ring (bicyclic) bond motifs is 2. The van der Waals surface area contributed by atoms with E-state index in [0.29, 0.717) is 38.0 Å². The van der Waals surface area contributed by atoms with E-state index in [2.05, 4.69) is 0 Å². The second kappa shape index (κ2) is 7.65. The number of nitrogens with zero attached hydrogens (tertiary/aromatic N) is 1. The molecule has 5 nitrogen and oxygen atoms in total. The smallest absolute Gasteiger partial charge is 0.290 e. The van der Waals surface area contributed by atoms with Crippen LogP contribution in [0.1, 0.15) is 39.7 Å². The van der Waals surface area contributed by atoms with Crippen molar-refractivity contribution in [3.8, 4) is 0 Å². The summed E-state index contributed by atoms with van der Waals surface area (Å²) in [5.74, 6) is -0.408. The fourth-order valence-corrected chi connectivity index (χ4v) is 4.11. The molecule has 4 rings (SSSR count). The SMILES string of the molecule is Cc1cc2oc3c(c(=O)c2cc1Cl)[C@H](c1ccc(Cl)c(Cl)c1)N(CCCO)C3=O. The van der Waals surface area contributed by atoms with Gasteiger partial charge in [0.05, 0.1) is 27.0 Å². The summed E-state index contributed by atoms with van der Waals surface area (Å²) in [6.45, 7) is 1.95. The van der Waals surface area contributed by atoms with Crippen LogP contribution in [0.25, 0.3) is 11.0 Å². The largest absolute Gasteiger partial charge is 0.450 e. The Balaban J connectivity index is 1.99. The summed E-state index contributed by atoms with van der Waals surface area (Å²) in [4.78, 5) is 28.0. The van der Waals surface area contributed by atoms with E-state index in [1.165, 1.54) is 4.90 Å². The van der Waals surface area contributed by atoms with Crippen LogP contribution < -0.4 is 5.43 Å². The van der Waals surface area contributed by atoms with Gasteiger partial charge >= 0.3 is 0 Å². The number of amides is 1. The van der Waals surface area contributed by atoms with Crippen molar-refractivity contribution in [3.63, 3.8) is 0 Å². The van der Waals surface area contributed by atoms with E-state index in [0.717, 1.165) is 5.56 Å². The van der Waals surface area contributed by atoms with E-state index >= 15 is 0 Å². The normalized spacial score (nSPS) is 16.0. The highest BCUT2D eigenvalue weighted by atomic mass is 35.5. The predicted molar refractivity (Wildman–Crippen MR) is 113 cm³/mol. The van der Waals surface area contributed by atoms with Gasteiger partial charge in [0.2, 0.25) is 5.76 Å². The number of aliphatic hydroxyl groups is 1. The summed E-state index contributed by atoms with van der Waals surface area (Å²) >= 11 is 18.4. The summed E-state index contributed by atoms with van der Waals surface area (Å²) in [6.07, 6.45) is 0.357. The minimum Gasteiger partial charge on any atom is -0.450 e. The summed E-state index contributed by atoms with van der Waals surface area (Å²) in [6, 6.07) is 7.49. The molecular formula is C21H16Cl3NO4. The molecule has 1 N–H and O–H groups in total. The van der Waals surface area contributed by atoms with E-state index in [-0.39, 0.29) is 29.9 Å². The monoisotopic (exact) mass is 451 g/mol. The third-order valence-corrected chi connectivity index (χ3v) is 6.21. The first-order valence-corrected chi connectivity index (χ1v) is 10.1. The zero-order chi connectivity index (χ0) is 20.9. The average Bonchev–Trinajstić information content (AvgIpc) is 2.96. The Morgan fingerprint density at radius 3 is 2.52 bits per heavy atom. The van der Waals surface area contributed by atoms with Gasteiger partial charge in [0.1, 0.15) is 5.58 Å². The quantitative estimate of drug-likeness (QED) is 0.605. The zero-order valence-corrected chi connectivity index (χ0v) is 17.6. The highest BCUT2D eigenvalue weighted by Crippen LogP contribution is 2.40. The number of carbonyl (C=O) groups excluding carboxylic acids is 1. The molecule has 1 aromatic heterocycles. The summed E-state index contributed by atoms with van der Waals surface area (Å²) in [7, 11) is 0. The molecule has 2 heterocycles. The standard InChI is InChI=1S/C21H16Cl3NO4/c1-10-7-16-12(9-14(10)23)19(27)17-18(11-3-4-13(22)15(24)8-11)25(5-2-6-26)21(28)20(17)29-16/h3-4,7-9,18,26H,2,5-6H2,1H3/t18-/m0/s1. The van der Waals surface area contributed by atoms with Gasteiger partial charge in [-0.05, 0) is 48.7 Å². The van der Waals surface area contributed by atoms with Gasteiger partial charge in [0.25, 0.3) is 5.91 Å². The van der Waals surface area contributed by atoms with Crippen molar-refractivity contribution in [3.05, 3.63) is 78.1 Å². The van der Waals surface area contributed by atoms with Crippen LogP contribution in [0.3, 0.4) is 0 Å². The Bertz CT molecular complexity index is 1200. The van der Waals surface area contributed by atoms with E-state index in [1.54, 1.807) is 37.3 Å². The zero-order valence-electron chi connectivity index (χ0n) is 15.3. The van der Waals surface area contributed by atoms with Gasteiger partial charge in [-0.1, -0.05) is 40.9 Å². The van der Waals surface area contributed by atoms with Crippen LogP contribution in [0, 0.1) is 6.92 Å². The predicted octanol–water partition coefficient (Wildman–Crippen LogP) is 4.99. The Labute approximate surface area is 181 Å². The number of aryl methyl sites for hydroxylation is 1. The van der Waals surface area contributed by atoms with Crippen LogP contribution >= 0.6 is 34.8 Å². The van der Waals surface area contributed by atoms with Crippen LogP contribution in [0.15, 0.2) is 39.5 Å². The lowest BCUT2D eigenvalue weighted by molar-refractivity contribution is 0.0716. The maximum absolute atomic E-state index is 13.4. The first kappa shape index (κ1) is 20.2. The molecule has 29 heavy (non-hydrogen) atoms. The third kappa shape index (κ3) is 3.32. The molecular weight excluding hydrogens is 437 g/mol. The molecule has 2 aromatic carbocycles. The van der Waals surface area contributed by atoms with Crippen LogP contribution in [-0.4, -0.2) is 29.1 Å². The number of benzene rings is 2. The molecule has 3 aromatic rings. The minimum atomic E-state index is -0.695. The number of hydrogen-bond acceptors (Lipinski definition) is 4. The Hall–Kier alpha value is -2.05. The lowest BCUT2D eigenvalue weighted by atomic mass is 9.98. The summed E-state index contributed by atoms with van der Waals surface area (Å²) in [5, 5.41) is 10.7. The Kier molecular flexibility index (Phi) is 5.34. The molecule has 0 fully saturated rings.